The first-order valence-corrected chi connectivity index (χ1v) is 28.2. The number of rotatable bonds is 29. The molecule has 5 aliphatic rings. The summed E-state index contributed by atoms with van der Waals surface area (Å²) in [6.45, 7) is 12.0. The molecule has 8 rings (SSSR count). The molecule has 74 heavy (non-hydrogen) atoms. The number of aryl methyl sites for hydroxylation is 2. The van der Waals surface area contributed by atoms with Crippen LogP contribution < -0.4 is 18.9 Å². The second kappa shape index (κ2) is 27.6. The summed E-state index contributed by atoms with van der Waals surface area (Å²) in [5, 5.41) is 25.3. The van der Waals surface area contributed by atoms with Crippen LogP contribution in [0.1, 0.15) is 164 Å². The lowest BCUT2D eigenvalue weighted by Gasteiger charge is -2.60. The SMILES string of the molecule is C=CCO[C@@]12Oc3ccc(Oc4ccc(C)c(C)c4)cc3[C@H]3[C@H](CCCCO)[C@@H](CCCCO)C=C(C(=NOC4CCCCO4)C[C@@H]1N(Cc1ccc4c(c1)OCO4)C(=O)OCCCCCCCCCCCC)[C@H]32. The average molecular weight is 1020 g/mol. The normalized spacial score (nSPS) is 24.1. The maximum absolute atomic E-state index is 15.3. The number of benzene rings is 3. The number of carbonyl (C=O) groups excluding carboxylic acids is 1. The molecule has 3 aliphatic heterocycles. The fourth-order valence-corrected chi connectivity index (χ4v) is 11.9. The average Bonchev–Trinajstić information content (AvgIpc) is 3.92. The molecule has 404 valence electrons. The zero-order valence-electron chi connectivity index (χ0n) is 44.6. The van der Waals surface area contributed by atoms with Crippen molar-refractivity contribution < 1.29 is 53.0 Å². The van der Waals surface area contributed by atoms with Crippen LogP contribution in [0, 0.1) is 31.6 Å². The zero-order chi connectivity index (χ0) is 51.7. The van der Waals surface area contributed by atoms with Gasteiger partial charge in [-0.15, -0.1) is 6.58 Å². The summed E-state index contributed by atoms with van der Waals surface area (Å²) in [7, 11) is 0. The summed E-state index contributed by atoms with van der Waals surface area (Å²) in [5.41, 5.74) is 5.77. The lowest BCUT2D eigenvalue weighted by Crippen LogP contribution is -2.70. The number of amides is 1. The Morgan fingerprint density at radius 2 is 1.55 bits per heavy atom. The van der Waals surface area contributed by atoms with Crippen molar-refractivity contribution in [2.75, 3.05) is 39.8 Å². The molecule has 1 unspecified atom stereocenters. The smallest absolute Gasteiger partial charge is 0.410 e. The Balaban J connectivity index is 1.23. The third kappa shape index (κ3) is 13.7. The Morgan fingerprint density at radius 1 is 0.824 bits per heavy atom. The molecule has 0 radical (unpaired) electrons. The minimum Gasteiger partial charge on any atom is -0.459 e. The van der Waals surface area contributed by atoms with Crippen LogP contribution >= 0.6 is 0 Å². The number of oxime groups is 1. The van der Waals surface area contributed by atoms with E-state index in [1.54, 1.807) is 11.0 Å². The van der Waals surface area contributed by atoms with Crippen molar-refractivity contribution >= 4 is 11.8 Å². The number of hydrogen-bond acceptors (Lipinski definition) is 12. The van der Waals surface area contributed by atoms with Gasteiger partial charge in [-0.25, -0.2) is 4.79 Å². The molecular weight excluding hydrogens is 937 g/mol. The third-order valence-electron chi connectivity index (χ3n) is 15.9. The van der Waals surface area contributed by atoms with Crippen molar-refractivity contribution in [3.05, 3.63) is 101 Å². The zero-order valence-corrected chi connectivity index (χ0v) is 44.6. The summed E-state index contributed by atoms with van der Waals surface area (Å²) in [6, 6.07) is 17.2. The Morgan fingerprint density at radius 3 is 2.30 bits per heavy atom. The van der Waals surface area contributed by atoms with Gasteiger partial charge in [-0.05, 0) is 135 Å². The first kappa shape index (κ1) is 55.2. The second-order valence-electron chi connectivity index (χ2n) is 21.1. The highest BCUT2D eigenvalue weighted by Gasteiger charge is 2.66. The minimum absolute atomic E-state index is 0.0356. The summed E-state index contributed by atoms with van der Waals surface area (Å²) < 4.78 is 45.6. The predicted molar refractivity (Wildman–Crippen MR) is 287 cm³/mol. The van der Waals surface area contributed by atoms with E-state index >= 15 is 4.79 Å². The standard InChI is InChI=1S/C61H84N2O11/c1-5-7-8-9-10-11-12-13-14-20-35-68-60(66)63(41-45-26-29-54-55(37-45)70-42-69-54)56-40-52(62-74-57-24-17-21-34-67-57)50-38-46(22-15-18-31-64)49(23-16-19-32-65)58-51-39-48(72-47-27-25-43(3)44(4)36-47)28-30-53(51)73-61(56,59(50)58)71-33-6-2/h6,25-30,36-39,46,49,56-59,64-65H,2,5,7-24,31-35,40-42H2,1,3-4H3/t46-,49+,56-,57?,58+,59+,61+/m0/s1. The van der Waals surface area contributed by atoms with Crippen molar-refractivity contribution in [1.29, 1.82) is 0 Å². The molecule has 3 heterocycles. The summed E-state index contributed by atoms with van der Waals surface area (Å²) in [5.74, 6) is 1.19. The molecule has 2 aliphatic carbocycles. The largest absolute Gasteiger partial charge is 0.459 e. The van der Waals surface area contributed by atoms with Crippen molar-refractivity contribution in [2.45, 2.75) is 180 Å². The number of ether oxygens (including phenoxy) is 7. The molecule has 13 heteroatoms. The molecule has 2 fully saturated rings. The third-order valence-corrected chi connectivity index (χ3v) is 15.9. The quantitative estimate of drug-likeness (QED) is 0.0389. The van der Waals surface area contributed by atoms with Crippen LogP contribution in [-0.2, 0) is 25.6 Å². The fraction of sp³-hybridized carbons (Fsp3) is 0.607. The van der Waals surface area contributed by atoms with Gasteiger partial charge < -0.3 is 48.2 Å². The fourth-order valence-electron chi connectivity index (χ4n) is 11.9. The maximum Gasteiger partial charge on any atom is 0.410 e. The van der Waals surface area contributed by atoms with Gasteiger partial charge in [0.1, 0.15) is 23.3 Å². The molecule has 2 N–H and O–H groups in total. The summed E-state index contributed by atoms with van der Waals surface area (Å²) >= 11 is 0. The van der Waals surface area contributed by atoms with Gasteiger partial charge in [-0.3, -0.25) is 4.90 Å². The number of aliphatic hydroxyl groups is 2. The van der Waals surface area contributed by atoms with E-state index in [9.17, 15) is 10.2 Å². The van der Waals surface area contributed by atoms with Crippen LogP contribution in [0.3, 0.4) is 0 Å². The predicted octanol–water partition coefficient (Wildman–Crippen LogP) is 13.5. The van der Waals surface area contributed by atoms with Crippen molar-refractivity contribution in [3.8, 4) is 28.7 Å². The molecule has 0 bridgehead atoms. The number of carbonyl (C=O) groups is 1. The van der Waals surface area contributed by atoms with Crippen LogP contribution in [0.4, 0.5) is 4.79 Å². The van der Waals surface area contributed by atoms with E-state index < -0.39 is 30.1 Å². The van der Waals surface area contributed by atoms with Crippen molar-refractivity contribution in [1.82, 2.24) is 4.90 Å². The number of hydrogen-bond donors (Lipinski definition) is 2. The Kier molecular flexibility index (Phi) is 20.6. The molecule has 1 amide bonds. The highest BCUT2D eigenvalue weighted by atomic mass is 16.8. The first-order chi connectivity index (χ1) is 36.3. The van der Waals surface area contributed by atoms with Crippen LogP contribution in [0.25, 0.3) is 0 Å². The Hall–Kier alpha value is -5.08. The second-order valence-corrected chi connectivity index (χ2v) is 21.1. The van der Waals surface area contributed by atoms with Crippen LogP contribution in [0.2, 0.25) is 0 Å². The summed E-state index contributed by atoms with van der Waals surface area (Å²) in [4.78, 5) is 23.5. The Labute approximate surface area is 440 Å². The van der Waals surface area contributed by atoms with Crippen LogP contribution in [-0.4, -0.2) is 84.9 Å². The van der Waals surface area contributed by atoms with Gasteiger partial charge >= 0.3 is 6.09 Å². The molecule has 0 aromatic heterocycles. The van der Waals surface area contributed by atoms with Crippen LogP contribution in [0.15, 0.2) is 84.1 Å². The van der Waals surface area contributed by atoms with Gasteiger partial charge in [0, 0.05) is 44.1 Å². The van der Waals surface area contributed by atoms with Crippen LogP contribution in [0.5, 0.6) is 28.7 Å². The van der Waals surface area contributed by atoms with E-state index in [1.807, 2.05) is 36.4 Å². The molecule has 3 aromatic carbocycles. The molecule has 1 saturated carbocycles. The van der Waals surface area contributed by atoms with Gasteiger partial charge in [-0.1, -0.05) is 107 Å². The molecule has 13 nitrogen and oxygen atoms in total. The molecule has 1 saturated heterocycles. The van der Waals surface area contributed by atoms with E-state index in [0.717, 1.165) is 92.2 Å². The molecule has 3 aromatic rings. The number of nitrogens with zero attached hydrogens (tertiary/aromatic N) is 2. The topological polar surface area (TPSA) is 147 Å². The first-order valence-electron chi connectivity index (χ1n) is 28.2. The van der Waals surface area contributed by atoms with Gasteiger partial charge in [0.2, 0.25) is 18.9 Å². The molecule has 0 spiro atoms. The highest BCUT2D eigenvalue weighted by molar-refractivity contribution is 6.03. The molecular formula is C61H84N2O11. The van der Waals surface area contributed by atoms with Gasteiger partial charge in [0.05, 0.1) is 31.5 Å². The van der Waals surface area contributed by atoms with Gasteiger partial charge in [-0.2, -0.15) is 0 Å². The van der Waals surface area contributed by atoms with Gasteiger partial charge in [0.25, 0.3) is 0 Å². The Bertz CT molecular complexity index is 2340. The lowest BCUT2D eigenvalue weighted by molar-refractivity contribution is -0.256. The molecule has 7 atom stereocenters. The monoisotopic (exact) mass is 1020 g/mol. The number of allylic oxidation sites excluding steroid dienone is 1. The number of unbranched alkanes of at least 4 members (excludes halogenated alkanes) is 11. The van der Waals surface area contributed by atoms with E-state index in [2.05, 4.69) is 51.6 Å². The highest BCUT2D eigenvalue weighted by Crippen LogP contribution is 2.62. The van der Waals surface area contributed by atoms with E-state index in [-0.39, 0.29) is 63.9 Å². The summed E-state index contributed by atoms with van der Waals surface area (Å²) in [6.07, 6.45) is 22.3. The van der Waals surface area contributed by atoms with E-state index in [1.165, 1.54) is 50.5 Å². The van der Waals surface area contributed by atoms with E-state index in [4.69, 9.17) is 43.2 Å². The van der Waals surface area contributed by atoms with Crippen molar-refractivity contribution in [2.24, 2.45) is 22.9 Å². The van der Waals surface area contributed by atoms with E-state index in [0.29, 0.717) is 48.2 Å². The van der Waals surface area contributed by atoms with Crippen molar-refractivity contribution in [3.63, 3.8) is 0 Å². The van der Waals surface area contributed by atoms with Gasteiger partial charge in [0.15, 0.2) is 11.5 Å². The number of fused-ring (bicyclic) bond motifs is 3. The minimum atomic E-state index is -1.48. The lowest BCUT2D eigenvalue weighted by atomic mass is 9.55. The number of aliphatic hydroxyl groups excluding tert-OH is 2. The maximum atomic E-state index is 15.3.